The van der Waals surface area contributed by atoms with Gasteiger partial charge in [0.2, 0.25) is 0 Å². The molecule has 0 spiro atoms. The normalized spacial score (nSPS) is 23.2. The SMILES string of the molecule is CCC(C)CN(CC(C)C)CC1CCCN1. The van der Waals surface area contributed by atoms with Crippen molar-refractivity contribution in [2.24, 2.45) is 11.8 Å². The quantitative estimate of drug-likeness (QED) is 0.718. The van der Waals surface area contributed by atoms with Crippen molar-refractivity contribution in [3.05, 3.63) is 0 Å². The second-order valence-electron chi connectivity index (χ2n) is 5.92. The Labute approximate surface area is 102 Å². The summed E-state index contributed by atoms with van der Waals surface area (Å²) in [4.78, 5) is 2.67. The van der Waals surface area contributed by atoms with E-state index in [4.69, 9.17) is 0 Å². The maximum absolute atomic E-state index is 3.61. The summed E-state index contributed by atoms with van der Waals surface area (Å²) in [5.41, 5.74) is 0. The van der Waals surface area contributed by atoms with Crippen molar-refractivity contribution >= 4 is 0 Å². The first-order valence-electron chi connectivity index (χ1n) is 7.07. The van der Waals surface area contributed by atoms with Gasteiger partial charge in [0.1, 0.15) is 0 Å². The molecule has 1 heterocycles. The zero-order valence-electron chi connectivity index (χ0n) is 11.6. The molecule has 96 valence electrons. The molecule has 1 aliphatic heterocycles. The van der Waals surface area contributed by atoms with Crippen molar-refractivity contribution in [1.82, 2.24) is 10.2 Å². The van der Waals surface area contributed by atoms with Crippen LogP contribution in [0, 0.1) is 11.8 Å². The van der Waals surface area contributed by atoms with Crippen molar-refractivity contribution in [3.8, 4) is 0 Å². The van der Waals surface area contributed by atoms with Crippen molar-refractivity contribution < 1.29 is 0 Å². The van der Waals surface area contributed by atoms with Crippen LogP contribution in [0.2, 0.25) is 0 Å². The fraction of sp³-hybridized carbons (Fsp3) is 1.00. The highest BCUT2D eigenvalue weighted by Crippen LogP contribution is 2.12. The zero-order chi connectivity index (χ0) is 12.0. The molecular formula is C14H30N2. The van der Waals surface area contributed by atoms with Gasteiger partial charge in [-0.2, -0.15) is 0 Å². The van der Waals surface area contributed by atoms with Gasteiger partial charge in [-0.05, 0) is 31.2 Å². The average molecular weight is 226 g/mol. The molecule has 0 bridgehead atoms. The number of nitrogens with zero attached hydrogens (tertiary/aromatic N) is 1. The van der Waals surface area contributed by atoms with Crippen LogP contribution in [-0.4, -0.2) is 37.1 Å². The molecule has 1 N–H and O–H groups in total. The van der Waals surface area contributed by atoms with E-state index in [1.807, 2.05) is 0 Å². The standard InChI is InChI=1S/C14H30N2/c1-5-13(4)10-16(9-12(2)3)11-14-7-6-8-15-14/h12-15H,5-11H2,1-4H3. The van der Waals surface area contributed by atoms with E-state index < -0.39 is 0 Å². The highest BCUT2D eigenvalue weighted by molar-refractivity contribution is 4.78. The maximum Gasteiger partial charge on any atom is 0.0195 e. The molecule has 0 radical (unpaired) electrons. The second kappa shape index (κ2) is 7.29. The molecule has 1 aliphatic rings. The lowest BCUT2D eigenvalue weighted by Gasteiger charge is -2.29. The van der Waals surface area contributed by atoms with Gasteiger partial charge in [-0.3, -0.25) is 0 Å². The van der Waals surface area contributed by atoms with E-state index in [0.717, 1.165) is 17.9 Å². The first-order chi connectivity index (χ1) is 7.61. The van der Waals surface area contributed by atoms with Gasteiger partial charge in [0.25, 0.3) is 0 Å². The molecule has 2 nitrogen and oxygen atoms in total. The van der Waals surface area contributed by atoms with Gasteiger partial charge >= 0.3 is 0 Å². The summed E-state index contributed by atoms with van der Waals surface area (Å²) >= 11 is 0. The Kier molecular flexibility index (Phi) is 6.37. The van der Waals surface area contributed by atoms with Crippen LogP contribution in [0.25, 0.3) is 0 Å². The van der Waals surface area contributed by atoms with E-state index in [2.05, 4.69) is 37.9 Å². The Morgan fingerprint density at radius 2 is 2.00 bits per heavy atom. The van der Waals surface area contributed by atoms with Crippen LogP contribution in [0.1, 0.15) is 47.0 Å². The van der Waals surface area contributed by atoms with Crippen LogP contribution in [0.15, 0.2) is 0 Å². The largest absolute Gasteiger partial charge is 0.313 e. The predicted molar refractivity (Wildman–Crippen MR) is 71.8 cm³/mol. The third kappa shape index (κ3) is 5.31. The summed E-state index contributed by atoms with van der Waals surface area (Å²) in [6, 6.07) is 0.753. The van der Waals surface area contributed by atoms with Gasteiger partial charge in [-0.1, -0.05) is 34.1 Å². The van der Waals surface area contributed by atoms with E-state index in [1.54, 1.807) is 0 Å². The number of hydrogen-bond donors (Lipinski definition) is 1. The molecule has 0 amide bonds. The summed E-state index contributed by atoms with van der Waals surface area (Å²) in [5, 5.41) is 3.61. The molecule has 16 heavy (non-hydrogen) atoms. The molecule has 0 aromatic heterocycles. The molecule has 2 atom stereocenters. The average Bonchev–Trinajstić information content (AvgIpc) is 2.69. The molecular weight excluding hydrogens is 196 g/mol. The summed E-state index contributed by atoms with van der Waals surface area (Å²) in [5.74, 6) is 1.62. The van der Waals surface area contributed by atoms with Crippen LogP contribution in [0.4, 0.5) is 0 Å². The summed E-state index contributed by atoms with van der Waals surface area (Å²) in [6.45, 7) is 14.3. The van der Waals surface area contributed by atoms with Gasteiger partial charge in [-0.15, -0.1) is 0 Å². The molecule has 1 rings (SSSR count). The molecule has 0 aromatic carbocycles. The molecule has 1 fully saturated rings. The van der Waals surface area contributed by atoms with Crippen LogP contribution >= 0.6 is 0 Å². The lowest BCUT2D eigenvalue weighted by molar-refractivity contribution is 0.195. The molecule has 0 saturated carbocycles. The van der Waals surface area contributed by atoms with Gasteiger partial charge in [0.15, 0.2) is 0 Å². The number of hydrogen-bond acceptors (Lipinski definition) is 2. The fourth-order valence-electron chi connectivity index (χ4n) is 2.53. The Bertz CT molecular complexity index is 174. The van der Waals surface area contributed by atoms with Crippen LogP contribution in [-0.2, 0) is 0 Å². The van der Waals surface area contributed by atoms with Crippen LogP contribution < -0.4 is 5.32 Å². The van der Waals surface area contributed by atoms with Crippen molar-refractivity contribution in [2.45, 2.75) is 53.0 Å². The Morgan fingerprint density at radius 3 is 2.50 bits per heavy atom. The fourth-order valence-corrected chi connectivity index (χ4v) is 2.53. The van der Waals surface area contributed by atoms with E-state index in [9.17, 15) is 0 Å². The highest BCUT2D eigenvalue weighted by atomic mass is 15.2. The molecule has 0 aromatic rings. The predicted octanol–water partition coefficient (Wildman–Crippen LogP) is 2.74. The van der Waals surface area contributed by atoms with Gasteiger partial charge in [-0.25, -0.2) is 0 Å². The van der Waals surface area contributed by atoms with E-state index in [0.29, 0.717) is 0 Å². The van der Waals surface area contributed by atoms with E-state index in [1.165, 1.54) is 45.4 Å². The Morgan fingerprint density at radius 1 is 1.25 bits per heavy atom. The van der Waals surface area contributed by atoms with Crippen LogP contribution in [0.5, 0.6) is 0 Å². The number of rotatable bonds is 7. The first kappa shape index (κ1) is 14.0. The third-order valence-corrected chi connectivity index (χ3v) is 3.53. The third-order valence-electron chi connectivity index (χ3n) is 3.53. The zero-order valence-corrected chi connectivity index (χ0v) is 11.6. The smallest absolute Gasteiger partial charge is 0.0195 e. The molecule has 1 saturated heterocycles. The first-order valence-corrected chi connectivity index (χ1v) is 7.07. The van der Waals surface area contributed by atoms with Crippen LogP contribution in [0.3, 0.4) is 0 Å². The highest BCUT2D eigenvalue weighted by Gasteiger charge is 2.19. The number of nitrogens with one attached hydrogen (secondary N) is 1. The van der Waals surface area contributed by atoms with Crippen molar-refractivity contribution in [2.75, 3.05) is 26.2 Å². The minimum Gasteiger partial charge on any atom is -0.313 e. The van der Waals surface area contributed by atoms with E-state index >= 15 is 0 Å². The summed E-state index contributed by atoms with van der Waals surface area (Å²) < 4.78 is 0. The van der Waals surface area contributed by atoms with E-state index in [-0.39, 0.29) is 0 Å². The van der Waals surface area contributed by atoms with Crippen molar-refractivity contribution in [1.29, 1.82) is 0 Å². The minimum atomic E-state index is 0.753. The second-order valence-corrected chi connectivity index (χ2v) is 5.92. The lowest BCUT2D eigenvalue weighted by atomic mass is 10.1. The van der Waals surface area contributed by atoms with Crippen molar-refractivity contribution in [3.63, 3.8) is 0 Å². The minimum absolute atomic E-state index is 0.753. The Hall–Kier alpha value is -0.0800. The summed E-state index contributed by atoms with van der Waals surface area (Å²) in [6.07, 6.45) is 4.03. The molecule has 0 aliphatic carbocycles. The van der Waals surface area contributed by atoms with Gasteiger partial charge in [0.05, 0.1) is 0 Å². The summed E-state index contributed by atoms with van der Waals surface area (Å²) in [7, 11) is 0. The maximum atomic E-state index is 3.61. The topological polar surface area (TPSA) is 15.3 Å². The molecule has 2 unspecified atom stereocenters. The molecule has 2 heteroatoms. The van der Waals surface area contributed by atoms with Gasteiger partial charge < -0.3 is 10.2 Å². The van der Waals surface area contributed by atoms with Gasteiger partial charge in [0, 0.05) is 25.7 Å². The Balaban J connectivity index is 2.35. The monoisotopic (exact) mass is 226 g/mol. The lowest BCUT2D eigenvalue weighted by Crippen LogP contribution is -2.41.